The molecule has 0 rings (SSSR count). The molecule has 5 heavy (non-hydrogen) atoms. The minimum atomic E-state index is -1.56. The van der Waals surface area contributed by atoms with Crippen molar-refractivity contribution in [2.75, 3.05) is 6.61 Å². The van der Waals surface area contributed by atoms with Crippen molar-refractivity contribution in [1.82, 2.24) is 5.73 Å². The van der Waals surface area contributed by atoms with Crippen LogP contribution >= 0.6 is 0 Å². The van der Waals surface area contributed by atoms with Crippen LogP contribution in [0.5, 0.6) is 0 Å². The van der Waals surface area contributed by atoms with E-state index in [2.05, 4.69) is 0 Å². The first-order chi connectivity index (χ1) is 2.27. The minimum Gasteiger partial charge on any atom is -0.392 e. The predicted octanol–water partition coefficient (Wildman–Crippen LogP) is -1.63. The van der Waals surface area contributed by atoms with E-state index in [0.29, 0.717) is 0 Å². The number of nitrogens with zero attached hydrogens (tertiary/aromatic N) is 1. The Bertz CT molecular complexity index is 21.6. The average molecular weight is 75.1 g/mol. The maximum absolute atomic E-state index is 7.67. The van der Waals surface area contributed by atoms with Gasteiger partial charge in [0, 0.05) is 0 Å². The molecule has 0 saturated heterocycles. The van der Waals surface area contributed by atoms with Gasteiger partial charge in [-0.25, -0.2) is 0 Å². The van der Waals surface area contributed by atoms with E-state index in [4.69, 9.17) is 15.9 Å². The number of rotatable bonds is 1. The molecule has 3 nitrogen and oxygen atoms in total. The van der Waals surface area contributed by atoms with E-state index >= 15 is 0 Å². The van der Waals surface area contributed by atoms with Crippen molar-refractivity contribution in [3.05, 3.63) is 0 Å². The van der Waals surface area contributed by atoms with Crippen molar-refractivity contribution in [3.8, 4) is 0 Å². The molecular weight excluding hydrogens is 70.0 g/mol. The zero-order valence-electron chi connectivity index (χ0n) is 2.63. The van der Waals surface area contributed by atoms with E-state index in [0.717, 1.165) is 0 Å². The normalized spacial score (nSPS) is 15.0. The summed E-state index contributed by atoms with van der Waals surface area (Å²) in [6, 6.07) is 0. The topological polar surface area (TPSA) is 62.8 Å². The summed E-state index contributed by atoms with van der Waals surface area (Å²) in [6.07, 6.45) is -1.56. The minimum absolute atomic E-state index is 0.583. The van der Waals surface area contributed by atoms with Crippen LogP contribution in [-0.2, 0) is 0 Å². The number of hydrogen-bond acceptors (Lipinski definition) is 2. The Hall–Kier alpha value is -0.120. The molecule has 0 aromatic heterocycles. The van der Waals surface area contributed by atoms with Crippen LogP contribution in [0.25, 0.3) is 0 Å². The van der Waals surface area contributed by atoms with E-state index in [1.165, 1.54) is 0 Å². The molecule has 0 aromatic rings. The summed E-state index contributed by atoms with van der Waals surface area (Å²) in [6.45, 7) is -0.583. The summed E-state index contributed by atoms with van der Waals surface area (Å²) in [5.41, 5.74) is 7.67. The Morgan fingerprint density at radius 1 is 1.80 bits per heavy atom. The van der Waals surface area contributed by atoms with E-state index in [-0.39, 0.29) is 0 Å². The molecule has 0 aliphatic rings. The molecule has 1 atom stereocenters. The van der Waals surface area contributed by atoms with E-state index in [1.54, 1.807) is 0 Å². The van der Waals surface area contributed by atoms with Crippen LogP contribution in [0.3, 0.4) is 0 Å². The van der Waals surface area contributed by atoms with Crippen LogP contribution < -0.4 is 5.73 Å². The van der Waals surface area contributed by atoms with Gasteiger partial charge in [-0.3, -0.25) is 0 Å². The largest absolute Gasteiger partial charge is 0.392 e. The van der Waals surface area contributed by atoms with Gasteiger partial charge in [-0.05, 0) is 0 Å². The highest BCUT2D eigenvalue weighted by atomic mass is 16.3. The molecule has 1 unspecified atom stereocenters. The molecule has 0 aliphatic heterocycles. The zero-order valence-corrected chi connectivity index (χ0v) is 2.63. The lowest BCUT2D eigenvalue weighted by Crippen LogP contribution is -2.11. The maximum Gasteiger partial charge on any atom is 0.160 e. The smallest absolute Gasteiger partial charge is 0.160 e. The molecule has 3 heteroatoms. The first-order valence-corrected chi connectivity index (χ1v) is 1.24. The summed E-state index contributed by atoms with van der Waals surface area (Å²) in [5.74, 6) is 0. The maximum atomic E-state index is 7.67. The van der Waals surface area contributed by atoms with Crippen molar-refractivity contribution in [1.29, 1.82) is 0 Å². The Morgan fingerprint density at radius 3 is 2.00 bits per heavy atom. The van der Waals surface area contributed by atoms with Crippen molar-refractivity contribution < 1.29 is 10.2 Å². The highest BCUT2D eigenvalue weighted by molar-refractivity contribution is 4.29. The lowest BCUT2D eigenvalue weighted by atomic mass is 10.7. The third-order valence-electron chi connectivity index (χ3n) is 0.163. The Balaban J connectivity index is 2.54. The lowest BCUT2D eigenvalue weighted by Gasteiger charge is -1.86. The predicted molar refractivity (Wildman–Crippen MR) is 15.2 cm³/mol. The van der Waals surface area contributed by atoms with Crippen molar-refractivity contribution in [2.45, 2.75) is 6.23 Å². The molecule has 0 aliphatic carbocycles. The third kappa shape index (κ3) is 3.88. The van der Waals surface area contributed by atoms with E-state index < -0.39 is 12.8 Å². The molecule has 2 N–H and O–H groups in total. The second kappa shape index (κ2) is 2.14. The first kappa shape index (κ1) is 4.88. The van der Waals surface area contributed by atoms with Gasteiger partial charge in [-0.2, -0.15) is 0 Å². The van der Waals surface area contributed by atoms with Gasteiger partial charge in [0.25, 0.3) is 0 Å². The molecule has 0 aromatic carbocycles. The SMILES string of the molecule is [N]C(O)CO. The summed E-state index contributed by atoms with van der Waals surface area (Å²) in [5, 5.41) is 15.3. The molecule has 0 fully saturated rings. The molecule has 0 spiro atoms. The van der Waals surface area contributed by atoms with Gasteiger partial charge in [-0.1, -0.05) is 0 Å². The first-order valence-electron chi connectivity index (χ1n) is 1.24. The van der Waals surface area contributed by atoms with Crippen LogP contribution in [0.4, 0.5) is 0 Å². The van der Waals surface area contributed by atoms with Crippen molar-refractivity contribution in [3.63, 3.8) is 0 Å². The molecule has 0 heterocycles. The van der Waals surface area contributed by atoms with Crippen LogP contribution in [0, 0.1) is 0 Å². The fraction of sp³-hybridized carbons (Fsp3) is 1.00. The highest BCUT2D eigenvalue weighted by Gasteiger charge is 1.87. The van der Waals surface area contributed by atoms with Gasteiger partial charge in [0.1, 0.15) is 0 Å². The third-order valence-corrected chi connectivity index (χ3v) is 0.163. The van der Waals surface area contributed by atoms with Gasteiger partial charge >= 0.3 is 0 Å². The van der Waals surface area contributed by atoms with Gasteiger partial charge in [-0.15, -0.1) is 5.73 Å². The second-order valence-corrected chi connectivity index (χ2v) is 0.663. The Kier molecular flexibility index (Phi) is 2.09. The van der Waals surface area contributed by atoms with Crippen LogP contribution in [-0.4, -0.2) is 23.0 Å². The Labute approximate surface area is 30.0 Å². The van der Waals surface area contributed by atoms with Crippen LogP contribution in [0.1, 0.15) is 0 Å². The summed E-state index contributed by atoms with van der Waals surface area (Å²) < 4.78 is 0. The van der Waals surface area contributed by atoms with E-state index in [9.17, 15) is 0 Å². The molecule has 2 radical (unpaired) electrons. The summed E-state index contributed by atoms with van der Waals surface area (Å²) in [7, 11) is 0. The van der Waals surface area contributed by atoms with E-state index in [1.807, 2.05) is 0 Å². The van der Waals surface area contributed by atoms with Gasteiger partial charge < -0.3 is 10.2 Å². The molecule has 0 amide bonds. The van der Waals surface area contributed by atoms with Crippen molar-refractivity contribution in [2.24, 2.45) is 0 Å². The average Bonchev–Trinajstić information content (AvgIpc) is 1.38. The number of hydrogen-bond donors (Lipinski definition) is 2. The highest BCUT2D eigenvalue weighted by Crippen LogP contribution is 1.60. The number of aliphatic hydroxyl groups is 2. The van der Waals surface area contributed by atoms with Gasteiger partial charge in [0.15, 0.2) is 6.23 Å². The fourth-order valence-corrected chi connectivity index (χ4v) is 0. The molecule has 0 bridgehead atoms. The number of aliphatic hydroxyl groups excluding tert-OH is 2. The lowest BCUT2D eigenvalue weighted by molar-refractivity contribution is 0.0946. The molecular formula is C2H5NO2. The standard InChI is InChI=1S/C2H5NO2/c3-2(5)1-4/h2,4-5H,1H2. The van der Waals surface area contributed by atoms with Crippen LogP contribution in [0.15, 0.2) is 0 Å². The second-order valence-electron chi connectivity index (χ2n) is 0.663. The fourth-order valence-electron chi connectivity index (χ4n) is 0. The quantitative estimate of drug-likeness (QED) is 0.393. The molecule has 30 valence electrons. The zero-order chi connectivity index (χ0) is 4.28. The van der Waals surface area contributed by atoms with Crippen LogP contribution in [0.2, 0.25) is 0 Å². The summed E-state index contributed by atoms with van der Waals surface area (Å²) >= 11 is 0. The monoisotopic (exact) mass is 75.0 g/mol. The van der Waals surface area contributed by atoms with Gasteiger partial charge in [0.2, 0.25) is 0 Å². The summed E-state index contributed by atoms with van der Waals surface area (Å²) in [4.78, 5) is 0. The van der Waals surface area contributed by atoms with Gasteiger partial charge in [0.05, 0.1) is 6.61 Å². The van der Waals surface area contributed by atoms with Crippen molar-refractivity contribution >= 4 is 0 Å². The Morgan fingerprint density at radius 2 is 2.00 bits per heavy atom. The molecule has 0 saturated carbocycles.